The van der Waals surface area contributed by atoms with E-state index in [1.165, 1.54) is 6.07 Å². The van der Waals surface area contributed by atoms with Crippen molar-refractivity contribution in [3.8, 4) is 0 Å². The van der Waals surface area contributed by atoms with Crippen LogP contribution in [0.3, 0.4) is 0 Å². The van der Waals surface area contributed by atoms with Gasteiger partial charge in [0.25, 0.3) is 0 Å². The van der Waals surface area contributed by atoms with Gasteiger partial charge in [0, 0.05) is 34.5 Å². The average Bonchev–Trinajstić information content (AvgIpc) is 2.99. The molecule has 3 rings (SSSR count). The third-order valence-corrected chi connectivity index (χ3v) is 6.78. The summed E-state index contributed by atoms with van der Waals surface area (Å²) in [5.41, 5.74) is 0.486. The predicted octanol–water partition coefficient (Wildman–Crippen LogP) is 6.82. The topological polar surface area (TPSA) is 49.8 Å². The van der Waals surface area contributed by atoms with Crippen LogP contribution in [-0.2, 0) is 9.53 Å². The minimum atomic E-state index is -0.729. The van der Waals surface area contributed by atoms with Gasteiger partial charge in [0.1, 0.15) is 17.5 Å². The number of aliphatic hydroxyl groups excluding tert-OH is 1. The van der Waals surface area contributed by atoms with Gasteiger partial charge >= 0.3 is 5.97 Å². The van der Waals surface area contributed by atoms with Gasteiger partial charge < -0.3 is 9.84 Å². The summed E-state index contributed by atoms with van der Waals surface area (Å²) in [6.07, 6.45) is 0.677. The molecule has 4 unspecified atom stereocenters. The Kier molecular flexibility index (Phi) is 8.58. The lowest BCUT2D eigenvalue weighted by Crippen LogP contribution is -2.47. The van der Waals surface area contributed by atoms with Crippen molar-refractivity contribution in [1.29, 1.82) is 0 Å². The highest BCUT2D eigenvalue weighted by molar-refractivity contribution is 6.30. The zero-order chi connectivity index (χ0) is 26.1. The minimum Gasteiger partial charge on any atom is -0.459 e. The highest BCUT2D eigenvalue weighted by Crippen LogP contribution is 2.52. The van der Waals surface area contributed by atoms with E-state index in [9.17, 15) is 9.90 Å². The van der Waals surface area contributed by atoms with Crippen LogP contribution in [-0.4, -0.2) is 46.8 Å². The van der Waals surface area contributed by atoms with Crippen LogP contribution in [0.25, 0.3) is 0 Å². The van der Waals surface area contributed by atoms with Gasteiger partial charge in [-0.25, -0.2) is 4.39 Å². The van der Waals surface area contributed by atoms with Gasteiger partial charge in [-0.3, -0.25) is 9.69 Å². The van der Waals surface area contributed by atoms with Crippen LogP contribution < -0.4 is 0 Å². The van der Waals surface area contributed by atoms with Gasteiger partial charge in [-0.05, 0) is 68.0 Å². The summed E-state index contributed by atoms with van der Waals surface area (Å²) in [6.45, 7) is 12.0. The summed E-state index contributed by atoms with van der Waals surface area (Å²) in [6, 6.07) is 11.1. The van der Waals surface area contributed by atoms with E-state index in [1.54, 1.807) is 18.2 Å². The highest BCUT2D eigenvalue weighted by Gasteiger charge is 2.55. The number of nitrogens with zero attached hydrogens (tertiary/aromatic N) is 1. The summed E-state index contributed by atoms with van der Waals surface area (Å²) < 4.78 is 21.4. The smallest absolute Gasteiger partial charge is 0.324 e. The molecule has 4 nitrogen and oxygen atoms in total. The summed E-state index contributed by atoms with van der Waals surface area (Å²) in [5.74, 6) is -1.65. The molecule has 1 aliphatic rings. The molecule has 192 valence electrons. The molecule has 0 bridgehead atoms. The number of esters is 1. The molecule has 1 aliphatic heterocycles. The summed E-state index contributed by atoms with van der Waals surface area (Å²) >= 11 is 12.5. The van der Waals surface area contributed by atoms with Gasteiger partial charge in [0.2, 0.25) is 0 Å². The Balaban J connectivity index is 2.29. The van der Waals surface area contributed by atoms with E-state index < -0.39 is 35.3 Å². The Hall–Kier alpha value is -1.66. The van der Waals surface area contributed by atoms with Crippen LogP contribution in [0.1, 0.15) is 70.9 Å². The van der Waals surface area contributed by atoms with Crippen LogP contribution in [0.5, 0.6) is 0 Å². The minimum absolute atomic E-state index is 0.124. The molecule has 0 spiro atoms. The second-order valence-electron chi connectivity index (χ2n) is 11.5. The fourth-order valence-electron chi connectivity index (χ4n) is 5.27. The second-order valence-corrected chi connectivity index (χ2v) is 12.4. The van der Waals surface area contributed by atoms with Crippen molar-refractivity contribution < 1.29 is 19.0 Å². The normalized spacial score (nSPS) is 23.5. The molecule has 1 heterocycles. The van der Waals surface area contributed by atoms with Crippen LogP contribution in [0.15, 0.2) is 42.5 Å². The van der Waals surface area contributed by atoms with Crippen LogP contribution >= 0.6 is 23.2 Å². The average molecular weight is 525 g/mol. The second kappa shape index (κ2) is 10.8. The van der Waals surface area contributed by atoms with Crippen molar-refractivity contribution in [3.63, 3.8) is 0 Å². The molecular formula is C28H36Cl2FNO3. The molecule has 1 saturated heterocycles. The van der Waals surface area contributed by atoms with E-state index in [1.807, 2.05) is 43.9 Å². The Morgan fingerprint density at radius 2 is 1.69 bits per heavy atom. The summed E-state index contributed by atoms with van der Waals surface area (Å²) in [7, 11) is 0. The lowest BCUT2D eigenvalue weighted by atomic mass is 9.74. The first-order chi connectivity index (χ1) is 16.2. The van der Waals surface area contributed by atoms with E-state index in [-0.39, 0.29) is 24.6 Å². The van der Waals surface area contributed by atoms with Crippen molar-refractivity contribution in [2.45, 2.75) is 77.5 Å². The van der Waals surface area contributed by atoms with Gasteiger partial charge in [0.05, 0.1) is 6.61 Å². The van der Waals surface area contributed by atoms with Crippen molar-refractivity contribution >= 4 is 29.2 Å². The zero-order valence-corrected chi connectivity index (χ0v) is 22.8. The number of benzene rings is 2. The van der Waals surface area contributed by atoms with Crippen LogP contribution in [0.2, 0.25) is 10.0 Å². The fourth-order valence-corrected chi connectivity index (χ4v) is 5.62. The van der Waals surface area contributed by atoms with Gasteiger partial charge in [-0.15, -0.1) is 0 Å². The number of halogens is 3. The molecule has 0 amide bonds. The first-order valence-electron chi connectivity index (χ1n) is 12.0. The lowest BCUT2D eigenvalue weighted by molar-refractivity contribution is -0.161. The Morgan fingerprint density at radius 3 is 2.23 bits per heavy atom. The van der Waals surface area contributed by atoms with Crippen LogP contribution in [0.4, 0.5) is 4.39 Å². The number of ether oxygens (including phenoxy) is 1. The maximum Gasteiger partial charge on any atom is 0.324 e. The maximum atomic E-state index is 15.5. The molecular weight excluding hydrogens is 488 g/mol. The molecule has 4 atom stereocenters. The third-order valence-electron chi connectivity index (χ3n) is 6.31. The Morgan fingerprint density at radius 1 is 1.03 bits per heavy atom. The zero-order valence-electron chi connectivity index (χ0n) is 21.3. The fraction of sp³-hybridized carbons (Fsp3) is 0.536. The molecule has 0 aromatic heterocycles. The van der Waals surface area contributed by atoms with Crippen molar-refractivity contribution in [2.24, 2.45) is 5.41 Å². The highest BCUT2D eigenvalue weighted by atomic mass is 35.5. The number of hydrogen-bond acceptors (Lipinski definition) is 4. The number of hydrogen-bond donors (Lipinski definition) is 1. The van der Waals surface area contributed by atoms with Crippen molar-refractivity contribution in [2.75, 3.05) is 13.2 Å². The van der Waals surface area contributed by atoms with E-state index in [0.29, 0.717) is 22.0 Å². The molecule has 0 aliphatic carbocycles. The van der Waals surface area contributed by atoms with E-state index in [4.69, 9.17) is 27.9 Å². The maximum absolute atomic E-state index is 15.5. The van der Waals surface area contributed by atoms with E-state index in [2.05, 4.69) is 20.8 Å². The SMILES string of the molecule is CC(C)(C)CC1C(c2ccc(Cl)cc2F)C(c2cccc(Cl)c2)C(C(=O)OC(C)(C)C)N1CCO. The number of carbonyl (C=O) groups excluding carboxylic acids is 1. The lowest BCUT2D eigenvalue weighted by Gasteiger charge is -2.35. The number of carbonyl (C=O) groups is 1. The van der Waals surface area contributed by atoms with Crippen LogP contribution in [0, 0.1) is 11.2 Å². The standard InChI is InChI=1S/C28H36Cl2FNO3/c1-27(2,3)16-22-24(20-11-10-19(30)15-21(20)31)23(17-8-7-9-18(29)14-17)25(32(22)12-13-33)26(34)35-28(4,5)6/h7-11,14-15,22-25,33H,12-13,16H2,1-6H3. The number of β-amino-alcohol motifs (C(OH)–C–C–N with tert-alkyl or cyclic N) is 1. The largest absolute Gasteiger partial charge is 0.459 e. The molecule has 0 radical (unpaired) electrons. The van der Waals surface area contributed by atoms with Gasteiger partial charge in [-0.2, -0.15) is 0 Å². The number of likely N-dealkylation sites (tertiary alicyclic amines) is 1. The molecule has 7 heteroatoms. The molecule has 1 N–H and O–H groups in total. The molecule has 35 heavy (non-hydrogen) atoms. The Bertz CT molecular complexity index is 1050. The molecule has 2 aromatic carbocycles. The summed E-state index contributed by atoms with van der Waals surface area (Å²) in [4.78, 5) is 15.8. The molecule has 1 fully saturated rings. The molecule has 2 aromatic rings. The van der Waals surface area contributed by atoms with Crippen molar-refractivity contribution in [3.05, 3.63) is 69.5 Å². The first-order valence-corrected chi connectivity index (χ1v) is 12.8. The third kappa shape index (κ3) is 6.76. The predicted molar refractivity (Wildman–Crippen MR) is 140 cm³/mol. The Labute approximate surface area is 218 Å². The quantitative estimate of drug-likeness (QED) is 0.421. The molecule has 0 saturated carbocycles. The first kappa shape index (κ1) is 27.9. The van der Waals surface area contributed by atoms with E-state index >= 15 is 4.39 Å². The van der Waals surface area contributed by atoms with Gasteiger partial charge in [0.15, 0.2) is 0 Å². The number of aliphatic hydroxyl groups is 1. The summed E-state index contributed by atoms with van der Waals surface area (Å²) in [5, 5.41) is 10.9. The van der Waals surface area contributed by atoms with Gasteiger partial charge in [-0.1, -0.05) is 62.2 Å². The number of rotatable bonds is 6. The van der Waals surface area contributed by atoms with E-state index in [0.717, 1.165) is 5.56 Å². The van der Waals surface area contributed by atoms with Crippen molar-refractivity contribution in [1.82, 2.24) is 4.90 Å². The monoisotopic (exact) mass is 523 g/mol.